The largest absolute Gasteiger partial charge is 0.381 e. The highest BCUT2D eigenvalue weighted by Gasteiger charge is 2.38. The van der Waals surface area contributed by atoms with Crippen LogP contribution < -0.4 is 0 Å². The van der Waals surface area contributed by atoms with E-state index in [0.717, 1.165) is 12.8 Å². The zero-order valence-electron chi connectivity index (χ0n) is 8.37. The summed E-state index contributed by atoms with van der Waals surface area (Å²) < 4.78 is 5.31. The molecular weight excluding hydrogens is 154 g/mol. The van der Waals surface area contributed by atoms with E-state index >= 15 is 0 Å². The predicted octanol–water partition coefficient (Wildman–Crippen LogP) is 1.65. The second kappa shape index (κ2) is 3.32. The van der Waals surface area contributed by atoms with Gasteiger partial charge in [-0.15, -0.1) is 0 Å². The summed E-state index contributed by atoms with van der Waals surface area (Å²) in [6.45, 7) is 6.09. The maximum absolute atomic E-state index is 9.70. The van der Waals surface area contributed by atoms with Crippen LogP contribution in [-0.2, 0) is 4.74 Å². The third-order valence-corrected chi connectivity index (χ3v) is 2.70. The molecule has 0 radical (unpaired) electrons. The summed E-state index contributed by atoms with van der Waals surface area (Å²) >= 11 is 0. The lowest BCUT2D eigenvalue weighted by atomic mass is 9.87. The Bertz CT molecular complexity index is 159. The smallest absolute Gasteiger partial charge is 0.0605 e. The van der Waals surface area contributed by atoms with Crippen LogP contribution in [-0.4, -0.2) is 35.1 Å². The molecule has 12 heavy (non-hydrogen) atoms. The van der Waals surface area contributed by atoms with Gasteiger partial charge in [-0.25, -0.2) is 0 Å². The molecule has 3 nitrogen and oxygen atoms in total. The Balaban J connectivity index is 2.65. The van der Waals surface area contributed by atoms with E-state index in [4.69, 9.17) is 4.74 Å². The van der Waals surface area contributed by atoms with Crippen LogP contribution in [0.1, 0.15) is 33.6 Å². The van der Waals surface area contributed by atoms with Crippen molar-refractivity contribution in [2.75, 3.05) is 7.11 Å². The van der Waals surface area contributed by atoms with Crippen LogP contribution in [0.15, 0.2) is 0 Å². The second-order valence-electron chi connectivity index (χ2n) is 4.30. The summed E-state index contributed by atoms with van der Waals surface area (Å²) in [6, 6.07) is 0.193. The molecule has 0 spiro atoms. The molecule has 1 rings (SSSR count). The molecule has 72 valence electrons. The first kappa shape index (κ1) is 9.96. The molecule has 0 aromatic carbocycles. The Morgan fingerprint density at radius 1 is 1.50 bits per heavy atom. The molecule has 1 aliphatic heterocycles. The van der Waals surface area contributed by atoms with Crippen LogP contribution in [0, 0.1) is 0 Å². The minimum atomic E-state index is -0.154. The summed E-state index contributed by atoms with van der Waals surface area (Å²) in [5, 5.41) is 11.1. The number of piperidine rings is 1. The SMILES string of the molecule is COC1CC(C)N(O)C(C)(C)C1. The fourth-order valence-electron chi connectivity index (χ4n) is 1.99. The second-order valence-corrected chi connectivity index (χ2v) is 4.30. The summed E-state index contributed by atoms with van der Waals surface area (Å²) in [5.74, 6) is 0. The Kier molecular flexibility index (Phi) is 2.76. The van der Waals surface area contributed by atoms with Crippen molar-refractivity contribution in [3.63, 3.8) is 0 Å². The van der Waals surface area contributed by atoms with Crippen molar-refractivity contribution in [1.82, 2.24) is 5.06 Å². The van der Waals surface area contributed by atoms with E-state index in [-0.39, 0.29) is 11.6 Å². The standard InChI is InChI=1S/C9H19NO2/c1-7-5-8(12-4)6-9(2,3)10(7)11/h7-8,11H,5-6H2,1-4H3. The lowest BCUT2D eigenvalue weighted by Crippen LogP contribution is -2.54. The van der Waals surface area contributed by atoms with E-state index in [1.165, 1.54) is 5.06 Å². The van der Waals surface area contributed by atoms with Gasteiger partial charge in [0.2, 0.25) is 0 Å². The highest BCUT2D eigenvalue weighted by Crippen LogP contribution is 2.30. The lowest BCUT2D eigenvalue weighted by molar-refractivity contribution is -0.224. The van der Waals surface area contributed by atoms with E-state index in [1.54, 1.807) is 7.11 Å². The average Bonchev–Trinajstić information content (AvgIpc) is 1.99. The van der Waals surface area contributed by atoms with Crippen LogP contribution in [0.5, 0.6) is 0 Å². The first-order valence-electron chi connectivity index (χ1n) is 4.48. The summed E-state index contributed by atoms with van der Waals surface area (Å²) in [4.78, 5) is 0. The van der Waals surface area contributed by atoms with E-state index in [0.29, 0.717) is 6.10 Å². The normalized spacial score (nSPS) is 36.8. The van der Waals surface area contributed by atoms with Gasteiger partial charge in [-0.1, -0.05) is 0 Å². The van der Waals surface area contributed by atoms with Crippen molar-refractivity contribution in [1.29, 1.82) is 0 Å². The van der Waals surface area contributed by atoms with Crippen LogP contribution in [0.3, 0.4) is 0 Å². The minimum absolute atomic E-state index is 0.154. The van der Waals surface area contributed by atoms with Gasteiger partial charge < -0.3 is 9.94 Å². The zero-order valence-corrected chi connectivity index (χ0v) is 8.37. The van der Waals surface area contributed by atoms with Crippen molar-refractivity contribution in [2.45, 2.75) is 51.3 Å². The Morgan fingerprint density at radius 3 is 2.50 bits per heavy atom. The quantitative estimate of drug-likeness (QED) is 0.654. The van der Waals surface area contributed by atoms with Crippen LogP contribution in [0.4, 0.5) is 0 Å². The van der Waals surface area contributed by atoms with E-state index in [9.17, 15) is 5.21 Å². The van der Waals surface area contributed by atoms with Gasteiger partial charge in [0.15, 0.2) is 0 Å². The molecule has 0 aromatic heterocycles. The maximum Gasteiger partial charge on any atom is 0.0605 e. The van der Waals surface area contributed by atoms with Gasteiger partial charge in [0, 0.05) is 18.7 Å². The fourth-order valence-corrected chi connectivity index (χ4v) is 1.99. The molecule has 1 fully saturated rings. The van der Waals surface area contributed by atoms with Crippen molar-refractivity contribution in [2.24, 2.45) is 0 Å². The molecule has 0 aliphatic carbocycles. The van der Waals surface area contributed by atoms with Crippen LogP contribution in [0.2, 0.25) is 0 Å². The van der Waals surface area contributed by atoms with Crippen molar-refractivity contribution in [3.8, 4) is 0 Å². The molecule has 2 atom stereocenters. The number of rotatable bonds is 1. The van der Waals surface area contributed by atoms with Gasteiger partial charge >= 0.3 is 0 Å². The van der Waals surface area contributed by atoms with Gasteiger partial charge in [0.05, 0.1) is 6.10 Å². The van der Waals surface area contributed by atoms with E-state index in [2.05, 4.69) is 0 Å². The number of hydroxylamine groups is 2. The maximum atomic E-state index is 9.70. The third-order valence-electron chi connectivity index (χ3n) is 2.70. The van der Waals surface area contributed by atoms with E-state index < -0.39 is 0 Å². The lowest BCUT2D eigenvalue weighted by Gasteiger charge is -2.45. The molecule has 0 saturated carbocycles. The van der Waals surface area contributed by atoms with Crippen LogP contribution >= 0.6 is 0 Å². The first-order valence-corrected chi connectivity index (χ1v) is 4.48. The molecule has 1 N–H and O–H groups in total. The van der Waals surface area contributed by atoms with E-state index in [1.807, 2.05) is 20.8 Å². The molecule has 0 amide bonds. The fraction of sp³-hybridized carbons (Fsp3) is 1.00. The summed E-state index contributed by atoms with van der Waals surface area (Å²) in [6.07, 6.45) is 2.10. The number of nitrogens with zero attached hydrogens (tertiary/aromatic N) is 1. The van der Waals surface area contributed by atoms with Gasteiger partial charge in [-0.3, -0.25) is 0 Å². The zero-order chi connectivity index (χ0) is 9.35. The number of hydrogen-bond acceptors (Lipinski definition) is 3. The molecule has 1 heterocycles. The Labute approximate surface area is 74.3 Å². The minimum Gasteiger partial charge on any atom is -0.381 e. The molecule has 0 bridgehead atoms. The highest BCUT2D eigenvalue weighted by atomic mass is 16.5. The summed E-state index contributed by atoms with van der Waals surface area (Å²) in [7, 11) is 1.74. The molecule has 3 heteroatoms. The van der Waals surface area contributed by atoms with Crippen molar-refractivity contribution in [3.05, 3.63) is 0 Å². The van der Waals surface area contributed by atoms with Gasteiger partial charge in [-0.05, 0) is 33.6 Å². The average molecular weight is 173 g/mol. The van der Waals surface area contributed by atoms with Gasteiger partial charge in [-0.2, -0.15) is 5.06 Å². The molecule has 2 unspecified atom stereocenters. The Morgan fingerprint density at radius 2 is 2.08 bits per heavy atom. The number of hydrogen-bond donors (Lipinski definition) is 1. The highest BCUT2D eigenvalue weighted by molar-refractivity contribution is 4.89. The molecular formula is C9H19NO2. The summed E-state index contributed by atoms with van der Waals surface area (Å²) in [5.41, 5.74) is -0.154. The molecule has 1 aliphatic rings. The molecule has 0 aromatic rings. The van der Waals surface area contributed by atoms with Gasteiger partial charge in [0.1, 0.15) is 0 Å². The van der Waals surface area contributed by atoms with Crippen molar-refractivity contribution >= 4 is 0 Å². The predicted molar refractivity (Wildman–Crippen MR) is 47.2 cm³/mol. The number of methoxy groups -OCH3 is 1. The van der Waals surface area contributed by atoms with Gasteiger partial charge in [0.25, 0.3) is 0 Å². The topological polar surface area (TPSA) is 32.7 Å². The van der Waals surface area contributed by atoms with Crippen LogP contribution in [0.25, 0.3) is 0 Å². The van der Waals surface area contributed by atoms with Crippen molar-refractivity contribution < 1.29 is 9.94 Å². The first-order chi connectivity index (χ1) is 5.47. The monoisotopic (exact) mass is 173 g/mol. The Hall–Kier alpha value is -0.120. The molecule has 1 saturated heterocycles. The third kappa shape index (κ3) is 1.79. The number of ether oxygens (including phenoxy) is 1.